The van der Waals surface area contributed by atoms with Crippen LogP contribution < -0.4 is 4.90 Å². The van der Waals surface area contributed by atoms with Crippen LogP contribution in [0.25, 0.3) is 0 Å². The molecule has 114 valence electrons. The smallest absolute Gasteiger partial charge is 0.320 e. The molecule has 0 N–H and O–H groups in total. The summed E-state index contributed by atoms with van der Waals surface area (Å²) in [5.74, 6) is 0. The molecule has 3 rings (SSSR count). The fourth-order valence-corrected chi connectivity index (χ4v) is 2.99. The second kappa shape index (κ2) is 6.35. The van der Waals surface area contributed by atoms with Crippen molar-refractivity contribution < 1.29 is 4.79 Å². The quantitative estimate of drug-likeness (QED) is 0.777. The number of carbonyl (C=O) groups is 1. The number of likely N-dealkylation sites (N-methyl/N-ethyl adjacent to an activating group) is 1. The predicted molar refractivity (Wildman–Crippen MR) is 84.7 cm³/mol. The fraction of sp³-hybridized carbons (Fsp3) is 0.562. The summed E-state index contributed by atoms with van der Waals surface area (Å²) >= 11 is 0. The van der Waals surface area contributed by atoms with Crippen molar-refractivity contribution in [3.63, 3.8) is 0 Å². The maximum atomic E-state index is 12.5. The average molecular weight is 288 g/mol. The van der Waals surface area contributed by atoms with Crippen molar-refractivity contribution in [1.29, 1.82) is 0 Å². The van der Waals surface area contributed by atoms with Gasteiger partial charge in [-0.05, 0) is 19.2 Å². The van der Waals surface area contributed by atoms with Crippen LogP contribution >= 0.6 is 0 Å². The summed E-state index contributed by atoms with van der Waals surface area (Å²) in [4.78, 5) is 21.2. The van der Waals surface area contributed by atoms with Crippen LogP contribution in [-0.4, -0.2) is 80.1 Å². The molecule has 1 aromatic carbocycles. The Bertz CT molecular complexity index is 462. The first kappa shape index (κ1) is 14.2. The van der Waals surface area contributed by atoms with Gasteiger partial charge in [0.05, 0.1) is 0 Å². The SMILES string of the molecule is CN1CCN(C(=O)N2CCN(c3ccccc3)CC2)CC1. The molecular formula is C16H24N4O. The first-order valence-electron chi connectivity index (χ1n) is 7.76. The third-order valence-electron chi connectivity index (χ3n) is 4.45. The lowest BCUT2D eigenvalue weighted by atomic mass is 10.2. The van der Waals surface area contributed by atoms with Gasteiger partial charge >= 0.3 is 6.03 Å². The molecule has 1 aromatic rings. The standard InChI is InChI=1S/C16H24N4O/c1-17-7-9-19(10-8-17)16(21)20-13-11-18(12-14-20)15-5-3-2-4-6-15/h2-6H,7-14H2,1H3. The van der Waals surface area contributed by atoms with Crippen LogP contribution in [-0.2, 0) is 0 Å². The summed E-state index contributed by atoms with van der Waals surface area (Å²) in [6.45, 7) is 7.15. The summed E-state index contributed by atoms with van der Waals surface area (Å²) < 4.78 is 0. The van der Waals surface area contributed by atoms with E-state index < -0.39 is 0 Å². The van der Waals surface area contributed by atoms with Crippen LogP contribution in [0.4, 0.5) is 10.5 Å². The zero-order valence-corrected chi connectivity index (χ0v) is 12.7. The van der Waals surface area contributed by atoms with Gasteiger partial charge in [-0.2, -0.15) is 0 Å². The molecule has 2 fully saturated rings. The summed E-state index contributed by atoms with van der Waals surface area (Å²) in [6.07, 6.45) is 0. The zero-order chi connectivity index (χ0) is 14.7. The van der Waals surface area contributed by atoms with Crippen LogP contribution in [0.3, 0.4) is 0 Å². The second-order valence-electron chi connectivity index (χ2n) is 5.88. The molecule has 0 aliphatic carbocycles. The number of hydrogen-bond donors (Lipinski definition) is 0. The lowest BCUT2D eigenvalue weighted by Gasteiger charge is -2.40. The minimum atomic E-state index is 0.218. The van der Waals surface area contributed by atoms with Gasteiger partial charge in [0.1, 0.15) is 0 Å². The topological polar surface area (TPSA) is 30.0 Å². The molecule has 0 spiro atoms. The van der Waals surface area contributed by atoms with Crippen LogP contribution in [0.5, 0.6) is 0 Å². The number of carbonyl (C=O) groups excluding carboxylic acids is 1. The van der Waals surface area contributed by atoms with E-state index in [4.69, 9.17) is 0 Å². The van der Waals surface area contributed by atoms with E-state index in [-0.39, 0.29) is 6.03 Å². The lowest BCUT2D eigenvalue weighted by molar-refractivity contribution is 0.120. The monoisotopic (exact) mass is 288 g/mol. The Hall–Kier alpha value is -1.75. The number of anilines is 1. The van der Waals surface area contributed by atoms with Gasteiger partial charge in [0, 0.05) is 58.0 Å². The van der Waals surface area contributed by atoms with Crippen LogP contribution in [0, 0.1) is 0 Å². The Kier molecular flexibility index (Phi) is 4.29. The van der Waals surface area contributed by atoms with Gasteiger partial charge in [0.2, 0.25) is 0 Å². The molecule has 0 radical (unpaired) electrons. The van der Waals surface area contributed by atoms with E-state index in [0.717, 1.165) is 52.4 Å². The van der Waals surface area contributed by atoms with Crippen LogP contribution in [0.1, 0.15) is 0 Å². The molecule has 2 aliphatic rings. The molecule has 21 heavy (non-hydrogen) atoms. The summed E-state index contributed by atoms with van der Waals surface area (Å²) in [6, 6.07) is 10.7. The molecular weight excluding hydrogens is 264 g/mol. The Morgan fingerprint density at radius 2 is 1.33 bits per heavy atom. The Labute approximate surface area is 126 Å². The van der Waals surface area contributed by atoms with Gasteiger partial charge in [-0.3, -0.25) is 0 Å². The van der Waals surface area contributed by atoms with Crippen LogP contribution in [0.15, 0.2) is 30.3 Å². The number of amides is 2. The molecule has 0 saturated carbocycles. The highest BCUT2D eigenvalue weighted by Gasteiger charge is 2.26. The molecule has 5 nitrogen and oxygen atoms in total. The van der Waals surface area contributed by atoms with Crippen molar-refractivity contribution >= 4 is 11.7 Å². The Balaban J connectivity index is 1.52. The molecule has 2 heterocycles. The maximum absolute atomic E-state index is 12.5. The number of nitrogens with zero attached hydrogens (tertiary/aromatic N) is 4. The van der Waals surface area contributed by atoms with E-state index in [9.17, 15) is 4.79 Å². The second-order valence-corrected chi connectivity index (χ2v) is 5.88. The number of piperazine rings is 2. The van der Waals surface area contributed by atoms with Gasteiger partial charge in [0.15, 0.2) is 0 Å². The number of para-hydroxylation sites is 1. The summed E-state index contributed by atoms with van der Waals surface area (Å²) in [5.41, 5.74) is 1.25. The van der Waals surface area contributed by atoms with Gasteiger partial charge in [-0.15, -0.1) is 0 Å². The van der Waals surface area contributed by atoms with E-state index >= 15 is 0 Å². The third kappa shape index (κ3) is 3.29. The van der Waals surface area contributed by atoms with Crippen molar-refractivity contribution in [2.75, 3.05) is 64.3 Å². The van der Waals surface area contributed by atoms with Crippen molar-refractivity contribution in [2.24, 2.45) is 0 Å². The molecule has 0 unspecified atom stereocenters. The van der Waals surface area contributed by atoms with Crippen molar-refractivity contribution in [2.45, 2.75) is 0 Å². The van der Waals surface area contributed by atoms with Crippen molar-refractivity contribution in [1.82, 2.24) is 14.7 Å². The molecule has 0 atom stereocenters. The highest BCUT2D eigenvalue weighted by atomic mass is 16.2. The van der Waals surface area contributed by atoms with E-state index in [1.54, 1.807) is 0 Å². The maximum Gasteiger partial charge on any atom is 0.320 e. The zero-order valence-electron chi connectivity index (χ0n) is 12.7. The van der Waals surface area contributed by atoms with Gasteiger partial charge < -0.3 is 19.6 Å². The highest BCUT2D eigenvalue weighted by molar-refractivity contribution is 5.75. The van der Waals surface area contributed by atoms with E-state index in [1.165, 1.54) is 5.69 Å². The largest absolute Gasteiger partial charge is 0.368 e. The number of rotatable bonds is 1. The summed E-state index contributed by atoms with van der Waals surface area (Å²) in [5, 5.41) is 0. The normalized spacial score (nSPS) is 20.7. The average Bonchev–Trinajstić information content (AvgIpc) is 2.56. The minimum Gasteiger partial charge on any atom is -0.368 e. The number of hydrogen-bond acceptors (Lipinski definition) is 3. The van der Waals surface area contributed by atoms with E-state index in [2.05, 4.69) is 41.1 Å². The Morgan fingerprint density at radius 3 is 1.90 bits per heavy atom. The Morgan fingerprint density at radius 1 is 0.810 bits per heavy atom. The highest BCUT2D eigenvalue weighted by Crippen LogP contribution is 2.16. The predicted octanol–water partition coefficient (Wildman–Crippen LogP) is 1.18. The summed E-state index contributed by atoms with van der Waals surface area (Å²) in [7, 11) is 2.11. The first-order chi connectivity index (χ1) is 10.2. The van der Waals surface area contributed by atoms with E-state index in [0.29, 0.717) is 0 Å². The molecule has 2 aliphatic heterocycles. The number of benzene rings is 1. The van der Waals surface area contributed by atoms with Crippen molar-refractivity contribution in [3.8, 4) is 0 Å². The van der Waals surface area contributed by atoms with Crippen molar-refractivity contribution in [3.05, 3.63) is 30.3 Å². The molecule has 5 heteroatoms. The molecule has 2 amide bonds. The van der Waals surface area contributed by atoms with E-state index in [1.807, 2.05) is 15.9 Å². The van der Waals surface area contributed by atoms with Gasteiger partial charge in [-0.1, -0.05) is 18.2 Å². The first-order valence-corrected chi connectivity index (χ1v) is 7.76. The minimum absolute atomic E-state index is 0.218. The fourth-order valence-electron chi connectivity index (χ4n) is 2.99. The molecule has 2 saturated heterocycles. The molecule has 0 aromatic heterocycles. The van der Waals surface area contributed by atoms with Gasteiger partial charge in [-0.25, -0.2) is 4.79 Å². The molecule has 0 bridgehead atoms. The van der Waals surface area contributed by atoms with Gasteiger partial charge in [0.25, 0.3) is 0 Å². The third-order valence-corrected chi connectivity index (χ3v) is 4.45. The van der Waals surface area contributed by atoms with Crippen LogP contribution in [0.2, 0.25) is 0 Å². The number of urea groups is 1. The lowest BCUT2D eigenvalue weighted by Crippen LogP contribution is -2.56.